The van der Waals surface area contributed by atoms with E-state index in [4.69, 9.17) is 11.6 Å². The van der Waals surface area contributed by atoms with Crippen molar-refractivity contribution < 1.29 is 0 Å². The van der Waals surface area contributed by atoms with Gasteiger partial charge in [-0.1, -0.05) is 18.2 Å². The molecule has 0 aromatic heterocycles. The molecule has 2 nitrogen and oxygen atoms in total. The van der Waals surface area contributed by atoms with Crippen molar-refractivity contribution in [1.29, 1.82) is 0 Å². The fourth-order valence-corrected chi connectivity index (χ4v) is 0.949. The van der Waals surface area contributed by atoms with E-state index in [0.717, 1.165) is 25.2 Å². The molecule has 0 atom stereocenters. The van der Waals surface area contributed by atoms with E-state index in [2.05, 4.69) is 16.9 Å². The first-order valence-electron chi connectivity index (χ1n) is 3.39. The van der Waals surface area contributed by atoms with Crippen LogP contribution in [-0.2, 0) is 0 Å². The molecule has 0 aliphatic carbocycles. The summed E-state index contributed by atoms with van der Waals surface area (Å²) in [5, 5.41) is 3.73. The molecular weight excluding hydrogens is 148 g/mol. The summed E-state index contributed by atoms with van der Waals surface area (Å²) in [6, 6.07) is 0. The maximum Gasteiger partial charge on any atom is 0.0966 e. The van der Waals surface area contributed by atoms with Gasteiger partial charge in [0.25, 0.3) is 0 Å². The molecule has 0 unspecified atom stereocenters. The number of nitrogens with one attached hydrogen (secondary N) is 1. The maximum absolute atomic E-state index is 5.54. The highest BCUT2D eigenvalue weighted by atomic mass is 35.5. The van der Waals surface area contributed by atoms with Crippen LogP contribution in [0.15, 0.2) is 16.6 Å². The first-order valence-corrected chi connectivity index (χ1v) is 3.77. The number of amidine groups is 1. The van der Waals surface area contributed by atoms with Gasteiger partial charge in [-0.25, -0.2) is 0 Å². The van der Waals surface area contributed by atoms with E-state index in [1.807, 2.05) is 0 Å². The summed E-state index contributed by atoms with van der Waals surface area (Å²) < 4.78 is 0. The number of hydrogen-bond donors (Lipinski definition) is 1. The fourth-order valence-electron chi connectivity index (χ4n) is 0.882. The van der Waals surface area contributed by atoms with Crippen LogP contribution in [0.5, 0.6) is 0 Å². The molecule has 0 spiro atoms. The lowest BCUT2D eigenvalue weighted by molar-refractivity contribution is 0.937. The van der Waals surface area contributed by atoms with E-state index in [1.165, 1.54) is 0 Å². The van der Waals surface area contributed by atoms with Crippen LogP contribution in [0.4, 0.5) is 0 Å². The number of nitrogens with zero attached hydrogens (tertiary/aromatic N) is 1. The van der Waals surface area contributed by atoms with Gasteiger partial charge in [-0.15, -0.1) is 0 Å². The molecule has 0 aromatic rings. The van der Waals surface area contributed by atoms with Crippen LogP contribution in [0.3, 0.4) is 0 Å². The van der Waals surface area contributed by atoms with Gasteiger partial charge in [0.1, 0.15) is 0 Å². The van der Waals surface area contributed by atoms with E-state index in [0.29, 0.717) is 11.6 Å². The fraction of sp³-hybridized carbons (Fsp3) is 0.571. The Bertz CT molecular complexity index is 163. The van der Waals surface area contributed by atoms with Crippen molar-refractivity contribution in [2.75, 3.05) is 13.1 Å². The van der Waals surface area contributed by atoms with Crippen LogP contribution in [0.2, 0.25) is 0 Å². The van der Waals surface area contributed by atoms with E-state index >= 15 is 0 Å². The van der Waals surface area contributed by atoms with Crippen LogP contribution in [-0.4, -0.2) is 18.9 Å². The van der Waals surface area contributed by atoms with Crippen LogP contribution in [0.25, 0.3) is 0 Å². The predicted octanol–water partition coefficient (Wildman–Crippen LogP) is 1.52. The Kier molecular flexibility index (Phi) is 2.75. The van der Waals surface area contributed by atoms with Gasteiger partial charge in [0, 0.05) is 18.0 Å². The molecule has 1 N–H and O–H groups in total. The first kappa shape index (κ1) is 7.61. The standard InChI is InChI=1S/C7H11ClN2/c1-6(8)5-10-7-3-2-4-9-7/h1-5H2,(H,9,10). The number of hydrogen-bond acceptors (Lipinski definition) is 2. The highest BCUT2D eigenvalue weighted by Gasteiger charge is 2.03. The zero-order valence-corrected chi connectivity index (χ0v) is 6.62. The predicted molar refractivity (Wildman–Crippen MR) is 44.5 cm³/mol. The van der Waals surface area contributed by atoms with Gasteiger partial charge in [0.05, 0.1) is 12.4 Å². The van der Waals surface area contributed by atoms with Crippen LogP contribution < -0.4 is 5.32 Å². The molecule has 0 aromatic carbocycles. The van der Waals surface area contributed by atoms with Gasteiger partial charge in [0.2, 0.25) is 0 Å². The summed E-state index contributed by atoms with van der Waals surface area (Å²) in [7, 11) is 0. The molecule has 1 heterocycles. The summed E-state index contributed by atoms with van der Waals surface area (Å²) in [6.07, 6.45) is 2.22. The molecule has 1 rings (SSSR count). The molecule has 0 saturated carbocycles. The van der Waals surface area contributed by atoms with Crippen molar-refractivity contribution >= 4 is 17.4 Å². The average Bonchev–Trinajstić information content (AvgIpc) is 2.34. The third-order valence-electron chi connectivity index (χ3n) is 1.36. The van der Waals surface area contributed by atoms with Gasteiger partial charge >= 0.3 is 0 Å². The third-order valence-corrected chi connectivity index (χ3v) is 1.49. The Morgan fingerprint density at radius 1 is 1.80 bits per heavy atom. The molecule has 1 aliphatic heterocycles. The lowest BCUT2D eigenvalue weighted by Gasteiger charge is -2.01. The second kappa shape index (κ2) is 3.62. The Balaban J connectivity index is 2.19. The summed E-state index contributed by atoms with van der Waals surface area (Å²) in [4.78, 5) is 4.21. The van der Waals surface area contributed by atoms with Crippen LogP contribution in [0.1, 0.15) is 12.8 Å². The van der Waals surface area contributed by atoms with E-state index in [-0.39, 0.29) is 0 Å². The second-order valence-electron chi connectivity index (χ2n) is 2.30. The summed E-state index contributed by atoms with van der Waals surface area (Å²) in [5.41, 5.74) is 0. The maximum atomic E-state index is 5.54. The molecule has 10 heavy (non-hydrogen) atoms. The molecule has 0 bridgehead atoms. The number of aliphatic imine (C=N–C) groups is 1. The van der Waals surface area contributed by atoms with Crippen molar-refractivity contribution in [1.82, 2.24) is 5.32 Å². The lowest BCUT2D eigenvalue weighted by atomic mass is 10.3. The Morgan fingerprint density at radius 3 is 3.10 bits per heavy atom. The molecule has 56 valence electrons. The minimum absolute atomic E-state index is 0.634. The van der Waals surface area contributed by atoms with Crippen molar-refractivity contribution in [3.8, 4) is 0 Å². The first-order chi connectivity index (χ1) is 4.79. The zero-order chi connectivity index (χ0) is 7.40. The largest absolute Gasteiger partial charge is 0.369 e. The van der Waals surface area contributed by atoms with E-state index in [1.54, 1.807) is 0 Å². The Hall–Kier alpha value is -0.500. The van der Waals surface area contributed by atoms with Crippen molar-refractivity contribution in [2.24, 2.45) is 4.99 Å². The van der Waals surface area contributed by atoms with Crippen molar-refractivity contribution in [2.45, 2.75) is 12.8 Å². The SMILES string of the molecule is C=C(Cl)CNC1=NCCC1. The minimum Gasteiger partial charge on any atom is -0.369 e. The van der Waals surface area contributed by atoms with E-state index < -0.39 is 0 Å². The van der Waals surface area contributed by atoms with Gasteiger partial charge < -0.3 is 5.32 Å². The highest BCUT2D eigenvalue weighted by Crippen LogP contribution is 2.02. The molecule has 1 aliphatic rings. The highest BCUT2D eigenvalue weighted by molar-refractivity contribution is 6.29. The average molecular weight is 159 g/mol. The summed E-state index contributed by atoms with van der Waals surface area (Å²) in [5.74, 6) is 1.07. The zero-order valence-electron chi connectivity index (χ0n) is 5.86. The number of rotatable bonds is 2. The summed E-state index contributed by atoms with van der Waals surface area (Å²) >= 11 is 5.54. The second-order valence-corrected chi connectivity index (χ2v) is 2.84. The molecule has 3 heteroatoms. The smallest absolute Gasteiger partial charge is 0.0966 e. The molecular formula is C7H11ClN2. The molecule has 0 fully saturated rings. The quantitative estimate of drug-likeness (QED) is 0.648. The Morgan fingerprint density at radius 2 is 2.60 bits per heavy atom. The lowest BCUT2D eigenvalue weighted by Crippen LogP contribution is -2.22. The molecule has 0 radical (unpaired) electrons. The topological polar surface area (TPSA) is 24.4 Å². The van der Waals surface area contributed by atoms with Crippen LogP contribution >= 0.6 is 11.6 Å². The van der Waals surface area contributed by atoms with Crippen molar-refractivity contribution in [3.05, 3.63) is 11.6 Å². The number of halogens is 1. The monoisotopic (exact) mass is 158 g/mol. The van der Waals surface area contributed by atoms with Gasteiger partial charge in [-0.3, -0.25) is 4.99 Å². The third kappa shape index (κ3) is 2.40. The van der Waals surface area contributed by atoms with Gasteiger partial charge in [0.15, 0.2) is 0 Å². The van der Waals surface area contributed by atoms with E-state index in [9.17, 15) is 0 Å². The van der Waals surface area contributed by atoms with Gasteiger partial charge in [-0.2, -0.15) is 0 Å². The molecule has 0 saturated heterocycles. The normalized spacial score (nSPS) is 16.7. The van der Waals surface area contributed by atoms with Crippen LogP contribution in [0, 0.1) is 0 Å². The Labute approximate surface area is 66.0 Å². The summed E-state index contributed by atoms with van der Waals surface area (Å²) in [6.45, 7) is 5.16. The molecule has 0 amide bonds. The van der Waals surface area contributed by atoms with Gasteiger partial charge in [-0.05, 0) is 6.42 Å². The van der Waals surface area contributed by atoms with Crippen molar-refractivity contribution in [3.63, 3.8) is 0 Å². The minimum atomic E-state index is 0.634.